The normalized spacial score (nSPS) is 14.8. The van der Waals surface area contributed by atoms with Crippen molar-refractivity contribution in [1.82, 2.24) is 19.9 Å². The lowest BCUT2D eigenvalue weighted by molar-refractivity contribution is 0.0741. The predicted molar refractivity (Wildman–Crippen MR) is 111 cm³/mol. The summed E-state index contributed by atoms with van der Waals surface area (Å²) in [6.45, 7) is 2.85. The number of rotatable bonds is 3. The lowest BCUT2D eigenvalue weighted by atomic mass is 10.2. The second-order valence-electron chi connectivity index (χ2n) is 6.17. The van der Waals surface area contributed by atoms with Gasteiger partial charge in [0.1, 0.15) is 27.7 Å². The van der Waals surface area contributed by atoms with Crippen molar-refractivity contribution in [1.29, 1.82) is 0 Å². The maximum absolute atomic E-state index is 12.8. The maximum atomic E-state index is 12.8. The predicted octanol–water partition coefficient (Wildman–Crippen LogP) is 3.84. The number of thiophene rings is 2. The highest BCUT2D eigenvalue weighted by Gasteiger charge is 2.25. The third kappa shape index (κ3) is 3.11. The minimum absolute atomic E-state index is 0.00995. The Morgan fingerprint density at radius 2 is 1.89 bits per heavy atom. The molecule has 136 valence electrons. The van der Waals surface area contributed by atoms with Crippen LogP contribution in [-0.4, -0.2) is 51.9 Å². The molecule has 1 amide bonds. The number of anilines is 1. The van der Waals surface area contributed by atoms with Crippen LogP contribution in [-0.2, 0) is 0 Å². The van der Waals surface area contributed by atoms with E-state index in [9.17, 15) is 4.79 Å². The SMILES string of the molecule is O=C(c1csc(-c2ccsc2)n1)N1CCN(c2ncnc3sccc23)CC1. The molecule has 0 bridgehead atoms. The fraction of sp³-hybridized carbons (Fsp3) is 0.222. The maximum Gasteiger partial charge on any atom is 0.273 e. The molecule has 4 aromatic heterocycles. The van der Waals surface area contributed by atoms with E-state index in [2.05, 4.69) is 31.3 Å². The van der Waals surface area contributed by atoms with Gasteiger partial charge in [-0.25, -0.2) is 15.0 Å². The molecule has 0 spiro atoms. The molecule has 4 aromatic rings. The highest BCUT2D eigenvalue weighted by molar-refractivity contribution is 7.16. The molecular formula is C18H15N5OS3. The molecule has 0 unspecified atom stereocenters. The van der Waals surface area contributed by atoms with Crippen LogP contribution in [0.3, 0.4) is 0 Å². The molecule has 1 aliphatic rings. The molecule has 5 rings (SSSR count). The zero-order chi connectivity index (χ0) is 18.2. The molecule has 0 aromatic carbocycles. The summed E-state index contributed by atoms with van der Waals surface area (Å²) in [4.78, 5) is 31.3. The number of nitrogens with zero attached hydrogens (tertiary/aromatic N) is 5. The van der Waals surface area contributed by atoms with E-state index in [0.717, 1.165) is 39.7 Å². The first-order valence-corrected chi connectivity index (χ1v) is 11.2. The van der Waals surface area contributed by atoms with E-state index < -0.39 is 0 Å². The quantitative estimate of drug-likeness (QED) is 0.511. The van der Waals surface area contributed by atoms with Crippen molar-refractivity contribution >= 4 is 56.0 Å². The summed E-state index contributed by atoms with van der Waals surface area (Å²) in [6.07, 6.45) is 1.62. The van der Waals surface area contributed by atoms with Gasteiger partial charge < -0.3 is 9.80 Å². The molecular weight excluding hydrogens is 398 g/mol. The van der Waals surface area contributed by atoms with E-state index in [-0.39, 0.29) is 5.91 Å². The zero-order valence-corrected chi connectivity index (χ0v) is 16.7. The van der Waals surface area contributed by atoms with Crippen LogP contribution in [0, 0.1) is 0 Å². The summed E-state index contributed by atoms with van der Waals surface area (Å²) in [7, 11) is 0. The summed E-state index contributed by atoms with van der Waals surface area (Å²) in [5.41, 5.74) is 1.62. The average Bonchev–Trinajstić information content (AvgIpc) is 3.48. The van der Waals surface area contributed by atoms with E-state index in [4.69, 9.17) is 0 Å². The first-order valence-electron chi connectivity index (χ1n) is 8.50. The van der Waals surface area contributed by atoms with Crippen molar-refractivity contribution in [2.24, 2.45) is 0 Å². The Morgan fingerprint density at radius 3 is 2.70 bits per heavy atom. The van der Waals surface area contributed by atoms with Crippen LogP contribution in [0.2, 0.25) is 0 Å². The van der Waals surface area contributed by atoms with Gasteiger partial charge in [0.15, 0.2) is 0 Å². The second kappa shape index (κ2) is 6.99. The summed E-state index contributed by atoms with van der Waals surface area (Å²) in [6, 6.07) is 4.09. The molecule has 1 aliphatic heterocycles. The Hall–Kier alpha value is -2.36. The third-order valence-corrected chi connectivity index (χ3v) is 6.99. The number of aromatic nitrogens is 3. The van der Waals surface area contributed by atoms with Gasteiger partial charge in [0.2, 0.25) is 0 Å². The Bertz CT molecular complexity index is 1080. The van der Waals surface area contributed by atoms with Crippen LogP contribution in [0.4, 0.5) is 5.82 Å². The summed E-state index contributed by atoms with van der Waals surface area (Å²) < 4.78 is 0. The standard InChI is InChI=1S/C18H15N5OS3/c24-18(14-10-27-16(21-14)12-1-7-25-9-12)23-5-3-22(4-6-23)15-13-2-8-26-17(13)20-11-19-15/h1-2,7-11H,3-6H2. The number of piperazine rings is 1. The average molecular weight is 414 g/mol. The molecule has 1 saturated heterocycles. The van der Waals surface area contributed by atoms with Crippen molar-refractivity contribution in [3.05, 3.63) is 45.7 Å². The van der Waals surface area contributed by atoms with E-state index in [1.165, 1.54) is 11.3 Å². The molecule has 0 saturated carbocycles. The van der Waals surface area contributed by atoms with Gasteiger partial charge in [-0.3, -0.25) is 4.79 Å². The monoisotopic (exact) mass is 413 g/mol. The van der Waals surface area contributed by atoms with Crippen LogP contribution in [0.15, 0.2) is 40.0 Å². The number of hydrogen-bond acceptors (Lipinski definition) is 8. The highest BCUT2D eigenvalue weighted by Crippen LogP contribution is 2.28. The number of carbonyl (C=O) groups excluding carboxylic acids is 1. The van der Waals surface area contributed by atoms with Crippen LogP contribution in [0.1, 0.15) is 10.5 Å². The fourth-order valence-electron chi connectivity index (χ4n) is 3.20. The summed E-state index contributed by atoms with van der Waals surface area (Å²) in [5.74, 6) is 0.970. The van der Waals surface area contributed by atoms with Gasteiger partial charge in [-0.2, -0.15) is 11.3 Å². The first-order chi connectivity index (χ1) is 13.3. The number of hydrogen-bond donors (Lipinski definition) is 0. The van der Waals surface area contributed by atoms with E-state index >= 15 is 0 Å². The Morgan fingerprint density at radius 1 is 1.00 bits per heavy atom. The fourth-order valence-corrected chi connectivity index (χ4v) is 5.44. The van der Waals surface area contributed by atoms with Gasteiger partial charge in [-0.15, -0.1) is 22.7 Å². The van der Waals surface area contributed by atoms with E-state index in [1.807, 2.05) is 27.1 Å². The molecule has 9 heteroatoms. The molecule has 5 heterocycles. The largest absolute Gasteiger partial charge is 0.352 e. The molecule has 0 radical (unpaired) electrons. The van der Waals surface area contributed by atoms with Crippen molar-refractivity contribution in [3.63, 3.8) is 0 Å². The Balaban J connectivity index is 1.29. The Labute approximate surface area is 167 Å². The third-order valence-electron chi connectivity index (χ3n) is 4.60. The van der Waals surface area contributed by atoms with E-state index in [1.54, 1.807) is 29.0 Å². The van der Waals surface area contributed by atoms with Crippen LogP contribution in [0.5, 0.6) is 0 Å². The smallest absolute Gasteiger partial charge is 0.273 e. The highest BCUT2D eigenvalue weighted by atomic mass is 32.1. The second-order valence-corrected chi connectivity index (χ2v) is 8.70. The number of fused-ring (bicyclic) bond motifs is 1. The minimum atomic E-state index is 0.00995. The van der Waals surface area contributed by atoms with Gasteiger partial charge in [-0.05, 0) is 22.9 Å². The van der Waals surface area contributed by atoms with Gasteiger partial charge in [-0.1, -0.05) is 0 Å². The number of thiazole rings is 1. The van der Waals surface area contributed by atoms with E-state index in [0.29, 0.717) is 18.8 Å². The van der Waals surface area contributed by atoms with Crippen LogP contribution < -0.4 is 4.90 Å². The molecule has 6 nitrogen and oxygen atoms in total. The number of carbonyl (C=O) groups is 1. The number of amides is 1. The lowest BCUT2D eigenvalue weighted by Gasteiger charge is -2.35. The minimum Gasteiger partial charge on any atom is -0.352 e. The summed E-state index contributed by atoms with van der Waals surface area (Å²) in [5, 5.41) is 9.96. The topological polar surface area (TPSA) is 62.2 Å². The molecule has 0 aliphatic carbocycles. The van der Waals surface area contributed by atoms with Gasteiger partial charge in [0.25, 0.3) is 5.91 Å². The van der Waals surface area contributed by atoms with Crippen LogP contribution in [0.25, 0.3) is 20.8 Å². The molecule has 1 fully saturated rings. The Kier molecular flexibility index (Phi) is 4.35. The van der Waals surface area contributed by atoms with Crippen molar-refractivity contribution in [3.8, 4) is 10.6 Å². The zero-order valence-electron chi connectivity index (χ0n) is 14.2. The molecule has 27 heavy (non-hydrogen) atoms. The van der Waals surface area contributed by atoms with Gasteiger partial charge >= 0.3 is 0 Å². The first kappa shape index (κ1) is 16.8. The van der Waals surface area contributed by atoms with Crippen molar-refractivity contribution in [2.45, 2.75) is 0 Å². The summed E-state index contributed by atoms with van der Waals surface area (Å²) >= 11 is 4.78. The van der Waals surface area contributed by atoms with Crippen molar-refractivity contribution < 1.29 is 4.79 Å². The van der Waals surface area contributed by atoms with Gasteiger partial charge in [0, 0.05) is 42.5 Å². The van der Waals surface area contributed by atoms with Crippen molar-refractivity contribution in [2.75, 3.05) is 31.1 Å². The molecule has 0 atom stereocenters. The van der Waals surface area contributed by atoms with Crippen LogP contribution >= 0.6 is 34.0 Å². The van der Waals surface area contributed by atoms with Gasteiger partial charge in [0.05, 0.1) is 5.39 Å². The molecule has 0 N–H and O–H groups in total. The lowest BCUT2D eigenvalue weighted by Crippen LogP contribution is -2.49.